The number of carbonyl (C=O) groups is 1. The number of nitrogens with zero attached hydrogens (tertiary/aromatic N) is 2. The Bertz CT molecular complexity index is 516. The first-order valence-corrected chi connectivity index (χ1v) is 3.97. The molecule has 0 aliphatic heterocycles. The van der Waals surface area contributed by atoms with Crippen molar-refractivity contribution in [3.05, 3.63) is 24.2 Å². The lowest BCUT2D eigenvalue weighted by Gasteiger charge is -2.00. The molecule has 2 aromatic heterocycles. The lowest BCUT2D eigenvalue weighted by molar-refractivity contribution is 0.0687. The van der Waals surface area contributed by atoms with Gasteiger partial charge in [0.1, 0.15) is 0 Å². The number of carboxylic acids is 1. The van der Waals surface area contributed by atoms with Gasteiger partial charge in [-0.2, -0.15) is 0 Å². The Morgan fingerprint density at radius 3 is 2.93 bits per heavy atom. The summed E-state index contributed by atoms with van der Waals surface area (Å²) in [6.07, 6.45) is 3.16. The molecule has 0 radical (unpaired) electrons. The topological polar surface area (TPSA) is 75.4 Å². The van der Waals surface area contributed by atoms with E-state index in [0.29, 0.717) is 10.9 Å². The van der Waals surface area contributed by atoms with Gasteiger partial charge in [0.25, 0.3) is 0 Å². The van der Waals surface area contributed by atoms with E-state index in [2.05, 4.69) is 4.98 Å². The Kier molecular flexibility index (Phi) is 1.67. The van der Waals surface area contributed by atoms with Crippen LogP contribution in [0.25, 0.3) is 10.9 Å². The summed E-state index contributed by atoms with van der Waals surface area (Å²) in [7, 11) is 1.80. The summed E-state index contributed by atoms with van der Waals surface area (Å²) in [5.74, 6) is -1.51. The number of aromatic carboxylic acids is 1. The van der Waals surface area contributed by atoms with Gasteiger partial charge in [-0.05, 0) is 6.07 Å². The van der Waals surface area contributed by atoms with Gasteiger partial charge in [0.2, 0.25) is 0 Å². The molecule has 0 amide bonds. The molecule has 0 aliphatic carbocycles. The Hall–Kier alpha value is -2.04. The number of pyridine rings is 1. The summed E-state index contributed by atoms with van der Waals surface area (Å²) in [5, 5.41) is 18.8. The van der Waals surface area contributed by atoms with E-state index in [-0.39, 0.29) is 11.4 Å². The number of carboxylic acid groups (broad SMARTS) is 1. The summed E-state index contributed by atoms with van der Waals surface area (Å²) in [5.41, 5.74) is 0.385. The van der Waals surface area contributed by atoms with Crippen LogP contribution in [0.3, 0.4) is 0 Å². The number of hydrogen-bond acceptors (Lipinski definition) is 3. The minimum atomic E-state index is -1.23. The summed E-state index contributed by atoms with van der Waals surface area (Å²) < 4.78 is 1.76. The molecule has 2 heterocycles. The lowest BCUT2D eigenvalue weighted by Crippen LogP contribution is -2.00. The minimum Gasteiger partial charge on any atom is -0.505 e. The van der Waals surface area contributed by atoms with Gasteiger partial charge in [-0.15, -0.1) is 0 Å². The van der Waals surface area contributed by atoms with Gasteiger partial charge in [-0.1, -0.05) is 0 Å². The second-order valence-electron chi connectivity index (χ2n) is 2.99. The van der Waals surface area contributed by atoms with Crippen molar-refractivity contribution < 1.29 is 15.0 Å². The Labute approximate surface area is 79.2 Å². The fraction of sp³-hybridized carbons (Fsp3) is 0.111. The molecule has 2 rings (SSSR count). The largest absolute Gasteiger partial charge is 0.505 e. The highest BCUT2D eigenvalue weighted by atomic mass is 16.4. The molecule has 2 N–H and O–H groups in total. The zero-order chi connectivity index (χ0) is 10.3. The fourth-order valence-electron chi connectivity index (χ4n) is 1.37. The molecule has 0 spiro atoms. The number of rotatable bonds is 1. The molecule has 0 atom stereocenters. The third-order valence-corrected chi connectivity index (χ3v) is 2.12. The third-order valence-electron chi connectivity index (χ3n) is 2.12. The first kappa shape index (κ1) is 8.55. The maximum Gasteiger partial charge on any atom is 0.358 e. The summed E-state index contributed by atoms with van der Waals surface area (Å²) >= 11 is 0. The van der Waals surface area contributed by atoms with E-state index < -0.39 is 5.97 Å². The molecule has 0 aromatic carbocycles. The van der Waals surface area contributed by atoms with Crippen molar-refractivity contribution in [1.82, 2.24) is 9.55 Å². The molecule has 14 heavy (non-hydrogen) atoms. The van der Waals surface area contributed by atoms with Gasteiger partial charge in [0.05, 0.1) is 11.7 Å². The first-order chi connectivity index (χ1) is 6.61. The first-order valence-electron chi connectivity index (χ1n) is 3.97. The van der Waals surface area contributed by atoms with Gasteiger partial charge >= 0.3 is 5.97 Å². The average Bonchev–Trinajstić information content (AvgIpc) is 2.49. The quantitative estimate of drug-likeness (QED) is 0.706. The normalized spacial score (nSPS) is 10.6. The van der Waals surface area contributed by atoms with E-state index in [9.17, 15) is 9.90 Å². The van der Waals surface area contributed by atoms with E-state index >= 15 is 0 Å². The molecule has 0 bridgehead atoms. The van der Waals surface area contributed by atoms with Crippen molar-refractivity contribution in [3.8, 4) is 5.75 Å². The molecule has 5 heteroatoms. The van der Waals surface area contributed by atoms with E-state index in [0.717, 1.165) is 0 Å². The van der Waals surface area contributed by atoms with Crippen LogP contribution in [0.5, 0.6) is 5.75 Å². The van der Waals surface area contributed by atoms with Crippen LogP contribution >= 0.6 is 0 Å². The maximum atomic E-state index is 10.6. The van der Waals surface area contributed by atoms with Crippen LogP contribution in [-0.4, -0.2) is 25.7 Å². The number of hydrogen-bond donors (Lipinski definition) is 2. The monoisotopic (exact) mass is 192 g/mol. The molecule has 0 saturated carbocycles. The van der Waals surface area contributed by atoms with Crippen LogP contribution in [0.1, 0.15) is 10.5 Å². The van der Waals surface area contributed by atoms with Crippen molar-refractivity contribution in [2.75, 3.05) is 0 Å². The highest BCUT2D eigenvalue weighted by Crippen LogP contribution is 2.26. The minimum absolute atomic E-state index is 0.282. The molecule has 5 nitrogen and oxygen atoms in total. The van der Waals surface area contributed by atoms with Gasteiger partial charge in [0.15, 0.2) is 11.4 Å². The van der Waals surface area contributed by atoms with Crippen LogP contribution in [0.4, 0.5) is 0 Å². The average molecular weight is 192 g/mol. The van der Waals surface area contributed by atoms with Crippen molar-refractivity contribution in [3.63, 3.8) is 0 Å². The second-order valence-corrected chi connectivity index (χ2v) is 2.99. The summed E-state index contributed by atoms with van der Waals surface area (Å²) in [6.45, 7) is 0. The standard InChI is InChI=1S/C9H8N2O3/c1-11-3-2-5-6(11)4-10-7(8(5)12)9(13)14/h2-4,12H,1H3,(H,13,14). The zero-order valence-corrected chi connectivity index (χ0v) is 7.43. The van der Waals surface area contributed by atoms with Gasteiger partial charge in [-0.25, -0.2) is 9.78 Å². The summed E-state index contributed by atoms with van der Waals surface area (Å²) in [4.78, 5) is 14.3. The molecule has 0 saturated heterocycles. The van der Waals surface area contributed by atoms with Crippen LogP contribution < -0.4 is 0 Å². The highest BCUT2D eigenvalue weighted by molar-refractivity contribution is 5.97. The fourth-order valence-corrected chi connectivity index (χ4v) is 1.37. The predicted octanol–water partition coefficient (Wildman–Crippen LogP) is 0.977. The van der Waals surface area contributed by atoms with Crippen molar-refractivity contribution >= 4 is 16.9 Å². The van der Waals surface area contributed by atoms with E-state index in [1.165, 1.54) is 6.20 Å². The lowest BCUT2D eigenvalue weighted by atomic mass is 10.2. The van der Waals surface area contributed by atoms with Crippen molar-refractivity contribution in [2.24, 2.45) is 7.05 Å². The Morgan fingerprint density at radius 2 is 2.29 bits per heavy atom. The third kappa shape index (κ3) is 1.02. The highest BCUT2D eigenvalue weighted by Gasteiger charge is 2.15. The van der Waals surface area contributed by atoms with E-state index in [1.807, 2.05) is 0 Å². The van der Waals surface area contributed by atoms with Crippen LogP contribution in [0.15, 0.2) is 18.5 Å². The van der Waals surface area contributed by atoms with Crippen LogP contribution in [0, 0.1) is 0 Å². The van der Waals surface area contributed by atoms with Gasteiger partial charge in [0, 0.05) is 18.6 Å². The molecular weight excluding hydrogens is 184 g/mol. The van der Waals surface area contributed by atoms with Crippen LogP contribution in [0.2, 0.25) is 0 Å². The number of aromatic nitrogens is 2. The molecule has 0 aliphatic rings. The number of aryl methyl sites for hydroxylation is 1. The van der Waals surface area contributed by atoms with E-state index in [4.69, 9.17) is 5.11 Å². The number of fused-ring (bicyclic) bond motifs is 1. The molecule has 0 unspecified atom stereocenters. The Balaban J connectivity index is 2.82. The molecule has 0 fully saturated rings. The predicted molar refractivity (Wildman–Crippen MR) is 49.3 cm³/mol. The van der Waals surface area contributed by atoms with Crippen LogP contribution in [-0.2, 0) is 7.05 Å². The Morgan fingerprint density at radius 1 is 1.57 bits per heavy atom. The SMILES string of the molecule is Cn1ccc2c(O)c(C(=O)O)ncc21. The smallest absolute Gasteiger partial charge is 0.358 e. The van der Waals surface area contributed by atoms with Crippen molar-refractivity contribution in [1.29, 1.82) is 0 Å². The second kappa shape index (κ2) is 2.73. The van der Waals surface area contributed by atoms with Crippen molar-refractivity contribution in [2.45, 2.75) is 0 Å². The molecular formula is C9H8N2O3. The summed E-state index contributed by atoms with van der Waals surface area (Å²) in [6, 6.07) is 1.65. The van der Waals surface area contributed by atoms with Gasteiger partial charge < -0.3 is 14.8 Å². The molecule has 72 valence electrons. The van der Waals surface area contributed by atoms with Gasteiger partial charge in [-0.3, -0.25) is 0 Å². The molecule has 2 aromatic rings. The maximum absolute atomic E-state index is 10.6. The van der Waals surface area contributed by atoms with E-state index in [1.54, 1.807) is 23.9 Å². The number of aromatic hydroxyl groups is 1. The zero-order valence-electron chi connectivity index (χ0n) is 7.43.